The van der Waals surface area contributed by atoms with Crippen LogP contribution in [0.25, 0.3) is 0 Å². The molecule has 4 aliphatic rings. The van der Waals surface area contributed by atoms with Gasteiger partial charge in [0.1, 0.15) is 8.64 Å². The molecule has 4 nitrogen and oxygen atoms in total. The van der Waals surface area contributed by atoms with Crippen LogP contribution in [-0.2, 0) is 9.59 Å². The summed E-state index contributed by atoms with van der Waals surface area (Å²) in [5, 5.41) is 0. The molecule has 0 N–H and O–H groups in total. The van der Waals surface area contributed by atoms with E-state index in [2.05, 4.69) is 0 Å². The van der Waals surface area contributed by atoms with Crippen molar-refractivity contribution in [1.29, 1.82) is 0 Å². The third-order valence-corrected chi connectivity index (χ3v) is 8.12. The van der Waals surface area contributed by atoms with Gasteiger partial charge >= 0.3 is 0 Å². The summed E-state index contributed by atoms with van der Waals surface area (Å²) in [6.45, 7) is 0. The largest absolute Gasteiger partial charge is 0.290 e. The van der Waals surface area contributed by atoms with Gasteiger partial charge in [0.05, 0.1) is 9.81 Å². The van der Waals surface area contributed by atoms with E-state index < -0.39 is 0 Å². The molecular formula is C16H18N2O2S4. The first-order valence-electron chi connectivity index (χ1n) is 8.43. The first-order chi connectivity index (χ1) is 11.6. The molecule has 8 heteroatoms. The van der Waals surface area contributed by atoms with Crippen molar-refractivity contribution in [3.05, 3.63) is 9.81 Å². The minimum absolute atomic E-state index is 0.0937. The SMILES string of the molecule is O=C1/C(=C2\SC(=S)N(C3CCCC3)C2=O)SC(=S)N1C1CCCC1. The summed E-state index contributed by atoms with van der Waals surface area (Å²) in [5.74, 6) is -0.187. The summed E-state index contributed by atoms with van der Waals surface area (Å²) >= 11 is 13.4. The van der Waals surface area contributed by atoms with Crippen molar-refractivity contribution < 1.29 is 9.59 Å². The van der Waals surface area contributed by atoms with Crippen LogP contribution in [-0.4, -0.2) is 42.3 Å². The van der Waals surface area contributed by atoms with Crippen LogP contribution in [0.2, 0.25) is 0 Å². The van der Waals surface area contributed by atoms with Gasteiger partial charge in [-0.1, -0.05) is 73.6 Å². The van der Waals surface area contributed by atoms with Crippen molar-refractivity contribution in [2.75, 3.05) is 0 Å². The van der Waals surface area contributed by atoms with Crippen LogP contribution >= 0.6 is 48.0 Å². The molecule has 0 radical (unpaired) electrons. The topological polar surface area (TPSA) is 40.6 Å². The van der Waals surface area contributed by atoms with Crippen LogP contribution < -0.4 is 0 Å². The highest BCUT2D eigenvalue weighted by molar-refractivity contribution is 8.29. The molecule has 0 unspecified atom stereocenters. The molecule has 24 heavy (non-hydrogen) atoms. The Balaban J connectivity index is 1.62. The van der Waals surface area contributed by atoms with E-state index in [4.69, 9.17) is 24.4 Å². The van der Waals surface area contributed by atoms with Gasteiger partial charge in [-0.2, -0.15) is 0 Å². The van der Waals surface area contributed by atoms with E-state index in [9.17, 15) is 9.59 Å². The molecule has 2 amide bonds. The normalized spacial score (nSPS) is 29.8. The monoisotopic (exact) mass is 398 g/mol. The number of thiocarbonyl (C=S) groups is 2. The summed E-state index contributed by atoms with van der Waals surface area (Å²) in [7, 11) is 0. The molecule has 2 saturated heterocycles. The van der Waals surface area contributed by atoms with Crippen molar-refractivity contribution in [2.45, 2.75) is 63.5 Å². The maximum Gasteiger partial charge on any atom is 0.267 e. The van der Waals surface area contributed by atoms with Crippen LogP contribution in [0.15, 0.2) is 9.81 Å². The molecule has 128 valence electrons. The first-order valence-corrected chi connectivity index (χ1v) is 10.9. The summed E-state index contributed by atoms with van der Waals surface area (Å²) in [6.07, 6.45) is 8.57. The second-order valence-corrected chi connectivity index (χ2v) is 9.91. The second-order valence-electron chi connectivity index (χ2n) is 6.62. The molecule has 0 bridgehead atoms. The van der Waals surface area contributed by atoms with Crippen molar-refractivity contribution >= 4 is 68.4 Å². The number of rotatable bonds is 2. The fourth-order valence-corrected chi connectivity index (χ4v) is 6.94. The molecule has 0 aromatic heterocycles. The first kappa shape index (κ1) is 17.0. The van der Waals surface area contributed by atoms with E-state index in [0.717, 1.165) is 51.4 Å². The standard InChI is InChI=1S/C16H18N2O2S4/c19-13-11(23-15(21)17(13)9-5-1-2-6-9)12-14(20)18(16(22)24-12)10-7-3-4-8-10/h9-10H,1-8H2/b12-11+. The Morgan fingerprint density at radius 2 is 1.04 bits per heavy atom. The van der Waals surface area contributed by atoms with E-state index in [-0.39, 0.29) is 23.9 Å². The van der Waals surface area contributed by atoms with Gasteiger partial charge in [-0.3, -0.25) is 19.4 Å². The van der Waals surface area contributed by atoms with Gasteiger partial charge in [0, 0.05) is 12.1 Å². The summed E-state index contributed by atoms with van der Waals surface area (Å²) < 4.78 is 1.18. The highest BCUT2D eigenvalue weighted by Gasteiger charge is 2.46. The van der Waals surface area contributed by atoms with Gasteiger partial charge in [0.15, 0.2) is 0 Å². The van der Waals surface area contributed by atoms with Crippen LogP contribution in [0, 0.1) is 0 Å². The number of thioether (sulfide) groups is 2. The van der Waals surface area contributed by atoms with Gasteiger partial charge in [0.2, 0.25) is 0 Å². The van der Waals surface area contributed by atoms with Gasteiger partial charge in [0.25, 0.3) is 11.8 Å². The minimum Gasteiger partial charge on any atom is -0.290 e. The molecule has 2 saturated carbocycles. The van der Waals surface area contributed by atoms with E-state index >= 15 is 0 Å². The van der Waals surface area contributed by atoms with Crippen molar-refractivity contribution in [2.24, 2.45) is 0 Å². The fraction of sp³-hybridized carbons (Fsp3) is 0.625. The van der Waals surface area contributed by atoms with E-state index in [1.54, 1.807) is 9.80 Å². The Kier molecular flexibility index (Phi) is 4.75. The zero-order valence-electron chi connectivity index (χ0n) is 13.2. The molecule has 0 aromatic rings. The Morgan fingerprint density at radius 1 is 0.708 bits per heavy atom. The molecule has 4 rings (SSSR count). The zero-order chi connectivity index (χ0) is 16.8. The molecule has 0 atom stereocenters. The third-order valence-electron chi connectivity index (χ3n) is 5.18. The van der Waals surface area contributed by atoms with Gasteiger partial charge in [-0.05, 0) is 25.7 Å². The summed E-state index contributed by atoms with van der Waals surface area (Å²) in [4.78, 5) is 30.3. The molecule has 2 aliphatic heterocycles. The van der Waals surface area contributed by atoms with E-state index in [1.165, 1.54) is 23.5 Å². The predicted octanol–water partition coefficient (Wildman–Crippen LogP) is 3.80. The molecular weight excluding hydrogens is 380 g/mol. The maximum atomic E-state index is 12.9. The van der Waals surface area contributed by atoms with Crippen LogP contribution in [0.4, 0.5) is 0 Å². The number of hydrogen-bond donors (Lipinski definition) is 0. The van der Waals surface area contributed by atoms with E-state index in [1.807, 2.05) is 0 Å². The predicted molar refractivity (Wildman–Crippen MR) is 106 cm³/mol. The fourth-order valence-electron chi connectivity index (χ4n) is 3.99. The van der Waals surface area contributed by atoms with Gasteiger partial charge in [-0.25, -0.2) is 0 Å². The molecule has 0 aromatic carbocycles. The van der Waals surface area contributed by atoms with Crippen molar-refractivity contribution in [3.63, 3.8) is 0 Å². The Morgan fingerprint density at radius 3 is 1.38 bits per heavy atom. The summed E-state index contributed by atoms with van der Waals surface area (Å²) in [6, 6.07) is 0.407. The zero-order valence-corrected chi connectivity index (χ0v) is 16.4. The highest BCUT2D eigenvalue weighted by Crippen LogP contribution is 2.45. The lowest BCUT2D eigenvalue weighted by Gasteiger charge is -2.22. The third kappa shape index (κ3) is 2.75. The number of nitrogens with zero attached hydrogens (tertiary/aromatic N) is 2. The molecule has 4 fully saturated rings. The van der Waals surface area contributed by atoms with E-state index in [0.29, 0.717) is 18.5 Å². The maximum absolute atomic E-state index is 12.9. The lowest BCUT2D eigenvalue weighted by Crippen LogP contribution is -2.38. The van der Waals surface area contributed by atoms with Crippen LogP contribution in [0.5, 0.6) is 0 Å². The number of carbonyl (C=O) groups is 2. The lowest BCUT2D eigenvalue weighted by atomic mass is 10.2. The Labute approximate surface area is 160 Å². The van der Waals surface area contributed by atoms with Crippen molar-refractivity contribution in [1.82, 2.24) is 9.80 Å². The Hall–Kier alpha value is -0.440. The van der Waals surface area contributed by atoms with Gasteiger partial charge < -0.3 is 0 Å². The lowest BCUT2D eigenvalue weighted by molar-refractivity contribution is -0.126. The highest BCUT2D eigenvalue weighted by atomic mass is 32.2. The molecule has 0 spiro atoms. The average molecular weight is 399 g/mol. The van der Waals surface area contributed by atoms with Crippen LogP contribution in [0.1, 0.15) is 51.4 Å². The summed E-state index contributed by atoms with van der Waals surface area (Å²) in [5.41, 5.74) is 0. The number of hydrogen-bond acceptors (Lipinski definition) is 6. The molecule has 2 aliphatic carbocycles. The van der Waals surface area contributed by atoms with Gasteiger partial charge in [-0.15, -0.1) is 0 Å². The molecule has 2 heterocycles. The number of amides is 2. The van der Waals surface area contributed by atoms with Crippen molar-refractivity contribution in [3.8, 4) is 0 Å². The van der Waals surface area contributed by atoms with Crippen LogP contribution in [0.3, 0.4) is 0 Å². The number of carbonyl (C=O) groups excluding carboxylic acids is 2. The smallest absolute Gasteiger partial charge is 0.267 e. The minimum atomic E-state index is -0.0937. The Bertz CT molecular complexity index is 607. The second kappa shape index (κ2) is 6.70. The average Bonchev–Trinajstić information content (AvgIpc) is 3.29. The quantitative estimate of drug-likeness (QED) is 0.520.